The van der Waals surface area contributed by atoms with Crippen LogP contribution in [-0.2, 0) is 12.7 Å². The normalized spacial score (nSPS) is 17.8. The number of anilines is 1. The van der Waals surface area contributed by atoms with Crippen LogP contribution in [0.4, 0.5) is 28.0 Å². The van der Waals surface area contributed by atoms with Gasteiger partial charge in [0.05, 0.1) is 28.9 Å². The molecule has 1 aromatic heterocycles. The number of aromatic amines is 1. The van der Waals surface area contributed by atoms with Gasteiger partial charge in [0.25, 0.3) is 0 Å². The molecule has 2 N–H and O–H groups in total. The molecule has 1 fully saturated rings. The SMILES string of the molecule is CC1(C)C(O)N(c2ccc(C#N)c(C(F)(F)F)c2)C(=O)N1Cc1ccc(-c2cn[nH]n2)c(F)c1. The number of carbonyl (C=O) groups excluding carboxylic acids is 1. The molecule has 3 aromatic rings. The van der Waals surface area contributed by atoms with Crippen LogP contribution in [-0.4, -0.2) is 43.2 Å². The van der Waals surface area contributed by atoms with E-state index in [1.54, 1.807) is 19.9 Å². The highest BCUT2D eigenvalue weighted by molar-refractivity contribution is 5.96. The van der Waals surface area contributed by atoms with Crippen molar-refractivity contribution in [1.29, 1.82) is 5.26 Å². The van der Waals surface area contributed by atoms with Crippen LogP contribution in [0.5, 0.6) is 0 Å². The largest absolute Gasteiger partial charge is 0.417 e. The predicted molar refractivity (Wildman–Crippen MR) is 111 cm³/mol. The number of rotatable bonds is 4. The van der Waals surface area contributed by atoms with Crippen molar-refractivity contribution < 1.29 is 27.5 Å². The van der Waals surface area contributed by atoms with E-state index in [1.807, 2.05) is 0 Å². The number of H-pyrrole nitrogens is 1. The molecule has 0 spiro atoms. The van der Waals surface area contributed by atoms with Crippen molar-refractivity contribution in [3.63, 3.8) is 0 Å². The van der Waals surface area contributed by atoms with E-state index in [0.29, 0.717) is 17.3 Å². The molecule has 0 bridgehead atoms. The first-order valence-corrected chi connectivity index (χ1v) is 10.00. The first kappa shape index (κ1) is 23.2. The monoisotopic (exact) mass is 474 g/mol. The van der Waals surface area contributed by atoms with Crippen molar-refractivity contribution in [1.82, 2.24) is 20.3 Å². The number of nitrogens with one attached hydrogen (secondary N) is 1. The van der Waals surface area contributed by atoms with Crippen LogP contribution in [0.1, 0.15) is 30.5 Å². The van der Waals surface area contributed by atoms with Crippen molar-refractivity contribution in [3.8, 4) is 17.3 Å². The number of aliphatic hydroxyl groups is 1. The lowest BCUT2D eigenvalue weighted by Crippen LogP contribution is -2.46. The number of halogens is 4. The molecule has 0 saturated carbocycles. The van der Waals surface area contributed by atoms with E-state index >= 15 is 0 Å². The van der Waals surface area contributed by atoms with Gasteiger partial charge in [-0.15, -0.1) is 0 Å². The Morgan fingerprint density at radius 1 is 1.24 bits per heavy atom. The quantitative estimate of drug-likeness (QED) is 0.555. The highest BCUT2D eigenvalue weighted by Gasteiger charge is 2.51. The van der Waals surface area contributed by atoms with Crippen molar-refractivity contribution in [2.24, 2.45) is 0 Å². The minimum absolute atomic E-state index is 0.113. The lowest BCUT2D eigenvalue weighted by atomic mass is 10.0. The maximum atomic E-state index is 14.6. The minimum atomic E-state index is -4.83. The summed E-state index contributed by atoms with van der Waals surface area (Å²) in [6.45, 7) is 2.98. The summed E-state index contributed by atoms with van der Waals surface area (Å²) < 4.78 is 54.9. The molecule has 34 heavy (non-hydrogen) atoms. The summed E-state index contributed by atoms with van der Waals surface area (Å²) in [5, 5.41) is 29.7. The molecule has 1 unspecified atom stereocenters. The summed E-state index contributed by atoms with van der Waals surface area (Å²) in [5.41, 5.74) is -2.37. The molecule has 2 amide bonds. The molecule has 12 heteroatoms. The summed E-state index contributed by atoms with van der Waals surface area (Å²) >= 11 is 0. The van der Waals surface area contributed by atoms with E-state index < -0.39 is 40.9 Å². The molecule has 1 atom stereocenters. The van der Waals surface area contributed by atoms with Crippen LogP contribution in [0.2, 0.25) is 0 Å². The number of aliphatic hydroxyl groups excluding tert-OH is 1. The molecule has 2 heterocycles. The molecule has 8 nitrogen and oxygen atoms in total. The number of benzene rings is 2. The van der Waals surface area contributed by atoms with Crippen LogP contribution in [0.3, 0.4) is 0 Å². The van der Waals surface area contributed by atoms with Gasteiger partial charge in [-0.25, -0.2) is 9.18 Å². The third-order valence-corrected chi connectivity index (χ3v) is 5.78. The Morgan fingerprint density at radius 2 is 1.97 bits per heavy atom. The van der Waals surface area contributed by atoms with Crippen molar-refractivity contribution in [3.05, 3.63) is 65.1 Å². The second-order valence-electron chi connectivity index (χ2n) is 8.27. The Labute approximate surface area is 191 Å². The zero-order valence-electron chi connectivity index (χ0n) is 17.9. The van der Waals surface area contributed by atoms with E-state index in [1.165, 1.54) is 35.4 Å². The Kier molecular flexibility index (Phi) is 5.53. The van der Waals surface area contributed by atoms with Crippen LogP contribution < -0.4 is 4.90 Å². The van der Waals surface area contributed by atoms with Crippen LogP contribution in [0.25, 0.3) is 11.3 Å². The van der Waals surface area contributed by atoms with Gasteiger partial charge in [-0.1, -0.05) is 6.07 Å². The standard InChI is InChI=1S/C22H18F4N6O2/c1-21(2)19(33)32(14-5-4-13(9-27)16(8-14)22(24,25)26)20(34)31(21)11-12-3-6-15(17(23)7-12)18-10-28-30-29-18/h3-8,10,19,33H,11H2,1-2H3,(H,28,29,30). The zero-order valence-corrected chi connectivity index (χ0v) is 17.9. The van der Waals surface area contributed by atoms with E-state index in [-0.39, 0.29) is 17.8 Å². The number of urea groups is 1. The Balaban J connectivity index is 1.66. The smallest absolute Gasteiger partial charge is 0.371 e. The van der Waals surface area contributed by atoms with Gasteiger partial charge in [0.1, 0.15) is 11.5 Å². The number of nitrogens with zero attached hydrogens (tertiary/aromatic N) is 5. The maximum Gasteiger partial charge on any atom is 0.417 e. The summed E-state index contributed by atoms with van der Waals surface area (Å²) in [4.78, 5) is 15.3. The summed E-state index contributed by atoms with van der Waals surface area (Å²) in [7, 11) is 0. The molecule has 0 radical (unpaired) electrons. The first-order chi connectivity index (χ1) is 15.9. The van der Waals surface area contributed by atoms with Crippen molar-refractivity contribution in [2.45, 2.75) is 38.3 Å². The number of alkyl halides is 3. The number of amides is 2. The van der Waals surface area contributed by atoms with Gasteiger partial charge in [-0.05, 0) is 49.7 Å². The van der Waals surface area contributed by atoms with Crippen molar-refractivity contribution in [2.75, 3.05) is 4.90 Å². The van der Waals surface area contributed by atoms with E-state index in [9.17, 15) is 27.5 Å². The number of aromatic nitrogens is 3. The number of nitriles is 1. The molecule has 1 saturated heterocycles. The average molecular weight is 474 g/mol. The van der Waals surface area contributed by atoms with Crippen LogP contribution in [0.15, 0.2) is 42.6 Å². The maximum absolute atomic E-state index is 14.6. The van der Waals surface area contributed by atoms with Gasteiger partial charge >= 0.3 is 12.2 Å². The fourth-order valence-corrected chi connectivity index (χ4v) is 3.85. The Morgan fingerprint density at radius 3 is 2.56 bits per heavy atom. The average Bonchev–Trinajstić information content (AvgIpc) is 3.35. The summed E-state index contributed by atoms with van der Waals surface area (Å²) in [5.74, 6) is -0.602. The molecule has 4 rings (SSSR count). The highest BCUT2D eigenvalue weighted by Crippen LogP contribution is 2.40. The number of carbonyl (C=O) groups is 1. The summed E-state index contributed by atoms with van der Waals surface area (Å²) in [6, 6.07) is 7.75. The van der Waals surface area contributed by atoms with E-state index in [4.69, 9.17) is 5.26 Å². The Hall–Kier alpha value is -3.98. The second kappa shape index (κ2) is 8.11. The number of hydrogen-bond donors (Lipinski definition) is 2. The van der Waals surface area contributed by atoms with Crippen LogP contribution >= 0.6 is 0 Å². The van der Waals surface area contributed by atoms with Crippen LogP contribution in [0, 0.1) is 17.1 Å². The second-order valence-corrected chi connectivity index (χ2v) is 8.27. The predicted octanol–water partition coefficient (Wildman–Crippen LogP) is 4.04. The fourth-order valence-electron chi connectivity index (χ4n) is 3.85. The third-order valence-electron chi connectivity index (χ3n) is 5.78. The fraction of sp³-hybridized carbons (Fsp3) is 0.273. The Bertz CT molecular complexity index is 1280. The van der Waals surface area contributed by atoms with Gasteiger partial charge in [-0.2, -0.15) is 33.8 Å². The zero-order chi connectivity index (χ0) is 24.8. The highest BCUT2D eigenvalue weighted by atomic mass is 19.4. The molecule has 0 aliphatic carbocycles. The van der Waals surface area contributed by atoms with Gasteiger partial charge in [0, 0.05) is 17.8 Å². The minimum Gasteiger partial charge on any atom is -0.371 e. The molecule has 2 aromatic carbocycles. The van der Waals surface area contributed by atoms with Gasteiger partial charge < -0.3 is 10.0 Å². The molecule has 1 aliphatic rings. The van der Waals surface area contributed by atoms with Gasteiger partial charge in [0.2, 0.25) is 0 Å². The molecule has 1 aliphatic heterocycles. The third kappa shape index (κ3) is 3.84. The van der Waals surface area contributed by atoms with E-state index in [2.05, 4.69) is 15.4 Å². The summed E-state index contributed by atoms with van der Waals surface area (Å²) in [6.07, 6.45) is -4.98. The van der Waals surface area contributed by atoms with Crippen molar-refractivity contribution >= 4 is 11.7 Å². The topological polar surface area (TPSA) is 109 Å². The molecular weight excluding hydrogens is 456 g/mol. The number of hydrogen-bond acceptors (Lipinski definition) is 5. The lowest BCUT2D eigenvalue weighted by Gasteiger charge is -2.32. The molecular formula is C22H18F4N6O2. The molecule has 176 valence electrons. The van der Waals surface area contributed by atoms with Gasteiger partial charge in [0.15, 0.2) is 6.23 Å². The lowest BCUT2D eigenvalue weighted by molar-refractivity contribution is -0.137. The van der Waals surface area contributed by atoms with E-state index in [0.717, 1.165) is 11.0 Å². The van der Waals surface area contributed by atoms with Gasteiger partial charge in [-0.3, -0.25) is 4.90 Å². The first-order valence-electron chi connectivity index (χ1n) is 10.00.